The molecule has 0 aliphatic heterocycles. The molecule has 2 aromatic rings. The molecule has 0 bridgehead atoms. The summed E-state index contributed by atoms with van der Waals surface area (Å²) in [5.41, 5.74) is 2.49. The minimum atomic E-state index is -0.127. The summed E-state index contributed by atoms with van der Waals surface area (Å²) in [5.74, 6) is -0.127. The molecule has 0 aromatic carbocycles. The van der Waals surface area contributed by atoms with Gasteiger partial charge in [0, 0.05) is 25.5 Å². The fourth-order valence-corrected chi connectivity index (χ4v) is 1.76. The molecule has 6 heteroatoms. The number of rotatable bonds is 4. The van der Waals surface area contributed by atoms with Gasteiger partial charge in [0.25, 0.3) is 5.91 Å². The van der Waals surface area contributed by atoms with Crippen molar-refractivity contribution in [2.45, 2.75) is 26.9 Å². The molecule has 2 aromatic heterocycles. The third-order valence-corrected chi connectivity index (χ3v) is 2.84. The second kappa shape index (κ2) is 5.03. The van der Waals surface area contributed by atoms with Gasteiger partial charge in [-0.05, 0) is 26.0 Å². The van der Waals surface area contributed by atoms with E-state index in [2.05, 4.69) is 15.5 Å². The zero-order chi connectivity index (χ0) is 13.1. The molecular weight excluding hydrogens is 230 g/mol. The van der Waals surface area contributed by atoms with Crippen LogP contribution in [0.15, 0.2) is 18.3 Å². The van der Waals surface area contributed by atoms with Crippen LogP contribution in [0.1, 0.15) is 28.8 Å². The van der Waals surface area contributed by atoms with E-state index in [-0.39, 0.29) is 5.91 Å². The van der Waals surface area contributed by atoms with Crippen LogP contribution in [0.3, 0.4) is 0 Å². The van der Waals surface area contributed by atoms with Gasteiger partial charge in [0.15, 0.2) is 0 Å². The summed E-state index contributed by atoms with van der Waals surface area (Å²) in [6, 6.07) is 3.67. The minimum absolute atomic E-state index is 0.127. The Kier molecular flexibility index (Phi) is 3.45. The second-order valence-electron chi connectivity index (χ2n) is 4.12. The number of carbonyl (C=O) groups excluding carboxylic acids is 1. The fraction of sp³-hybridized carbons (Fsp3) is 0.417. The van der Waals surface area contributed by atoms with Gasteiger partial charge in [-0.2, -0.15) is 10.2 Å². The first-order chi connectivity index (χ1) is 8.61. The number of hydrogen-bond donors (Lipinski definition) is 1. The Morgan fingerprint density at radius 1 is 1.50 bits per heavy atom. The van der Waals surface area contributed by atoms with Crippen molar-refractivity contribution < 1.29 is 4.79 Å². The Bertz CT molecular complexity index is 535. The molecule has 96 valence electrons. The molecule has 0 radical (unpaired) electrons. The maximum absolute atomic E-state index is 11.9. The van der Waals surface area contributed by atoms with Gasteiger partial charge in [0.2, 0.25) is 0 Å². The minimum Gasteiger partial charge on any atom is -0.345 e. The second-order valence-corrected chi connectivity index (χ2v) is 4.12. The zero-order valence-electron chi connectivity index (χ0n) is 10.8. The molecular formula is C12H17N5O. The summed E-state index contributed by atoms with van der Waals surface area (Å²) in [6.07, 6.45) is 1.63. The predicted molar refractivity (Wildman–Crippen MR) is 67.0 cm³/mol. The van der Waals surface area contributed by atoms with Crippen molar-refractivity contribution in [1.82, 2.24) is 24.9 Å². The first kappa shape index (κ1) is 12.3. The molecule has 1 N–H and O–H groups in total. The van der Waals surface area contributed by atoms with E-state index in [4.69, 9.17) is 0 Å². The van der Waals surface area contributed by atoms with Crippen LogP contribution >= 0.6 is 0 Å². The largest absolute Gasteiger partial charge is 0.345 e. The Hall–Kier alpha value is -2.11. The molecule has 0 saturated carbocycles. The van der Waals surface area contributed by atoms with E-state index in [1.54, 1.807) is 21.6 Å². The number of amides is 1. The van der Waals surface area contributed by atoms with Crippen molar-refractivity contribution in [2.75, 3.05) is 0 Å². The molecule has 0 atom stereocenters. The Labute approximate surface area is 106 Å². The van der Waals surface area contributed by atoms with Gasteiger partial charge in [0.1, 0.15) is 5.69 Å². The lowest BCUT2D eigenvalue weighted by Crippen LogP contribution is -2.25. The Balaban J connectivity index is 2.00. The average molecular weight is 247 g/mol. The van der Waals surface area contributed by atoms with Gasteiger partial charge >= 0.3 is 0 Å². The summed E-state index contributed by atoms with van der Waals surface area (Å²) >= 11 is 0. The summed E-state index contributed by atoms with van der Waals surface area (Å²) in [5, 5.41) is 11.2. The summed E-state index contributed by atoms with van der Waals surface area (Å²) in [7, 11) is 1.88. The lowest BCUT2D eigenvalue weighted by Gasteiger charge is -2.05. The van der Waals surface area contributed by atoms with Crippen LogP contribution in [0.2, 0.25) is 0 Å². The average Bonchev–Trinajstić information content (AvgIpc) is 2.94. The third kappa shape index (κ3) is 2.42. The van der Waals surface area contributed by atoms with E-state index >= 15 is 0 Å². The molecule has 6 nitrogen and oxygen atoms in total. The summed E-state index contributed by atoms with van der Waals surface area (Å²) in [4.78, 5) is 11.9. The van der Waals surface area contributed by atoms with E-state index < -0.39 is 0 Å². The van der Waals surface area contributed by atoms with Crippen molar-refractivity contribution in [2.24, 2.45) is 7.05 Å². The van der Waals surface area contributed by atoms with Gasteiger partial charge in [-0.3, -0.25) is 14.2 Å². The third-order valence-electron chi connectivity index (χ3n) is 2.84. The predicted octanol–water partition coefficient (Wildman–Crippen LogP) is 0.875. The standard InChI is InChI=1S/C12H17N5O/c1-4-17-11(5-6-14-17)12(18)13-8-10-7-9(2)16(3)15-10/h5-7H,4,8H2,1-3H3,(H,13,18). The van der Waals surface area contributed by atoms with Gasteiger partial charge in [-0.25, -0.2) is 0 Å². The molecule has 0 saturated heterocycles. The highest BCUT2D eigenvalue weighted by molar-refractivity contribution is 5.92. The van der Waals surface area contributed by atoms with Crippen molar-refractivity contribution in [3.8, 4) is 0 Å². The Morgan fingerprint density at radius 2 is 2.28 bits per heavy atom. The molecule has 18 heavy (non-hydrogen) atoms. The molecule has 0 aliphatic rings. The monoisotopic (exact) mass is 247 g/mol. The number of aryl methyl sites for hydroxylation is 3. The summed E-state index contributed by atoms with van der Waals surface area (Å²) < 4.78 is 3.46. The van der Waals surface area contributed by atoms with E-state index in [9.17, 15) is 4.79 Å². The smallest absolute Gasteiger partial charge is 0.269 e. The van der Waals surface area contributed by atoms with Crippen molar-refractivity contribution >= 4 is 5.91 Å². The topological polar surface area (TPSA) is 64.7 Å². The normalized spacial score (nSPS) is 10.6. The first-order valence-corrected chi connectivity index (χ1v) is 5.91. The lowest BCUT2D eigenvalue weighted by atomic mass is 10.3. The Morgan fingerprint density at radius 3 is 2.89 bits per heavy atom. The highest BCUT2D eigenvalue weighted by atomic mass is 16.2. The molecule has 2 rings (SSSR count). The number of nitrogens with one attached hydrogen (secondary N) is 1. The molecule has 1 amide bonds. The number of aromatic nitrogens is 4. The number of hydrogen-bond acceptors (Lipinski definition) is 3. The van der Waals surface area contributed by atoms with Crippen molar-refractivity contribution in [3.63, 3.8) is 0 Å². The molecule has 0 aliphatic carbocycles. The van der Waals surface area contributed by atoms with Crippen LogP contribution in [-0.2, 0) is 20.1 Å². The first-order valence-electron chi connectivity index (χ1n) is 5.91. The zero-order valence-corrected chi connectivity index (χ0v) is 10.8. The van der Waals surface area contributed by atoms with Gasteiger partial charge in [-0.15, -0.1) is 0 Å². The molecule has 0 fully saturated rings. The lowest BCUT2D eigenvalue weighted by molar-refractivity contribution is 0.0939. The quantitative estimate of drug-likeness (QED) is 0.872. The number of nitrogens with zero attached hydrogens (tertiary/aromatic N) is 4. The highest BCUT2D eigenvalue weighted by Crippen LogP contribution is 2.02. The maximum Gasteiger partial charge on any atom is 0.269 e. The van der Waals surface area contributed by atoms with Crippen LogP contribution < -0.4 is 5.32 Å². The van der Waals surface area contributed by atoms with Crippen LogP contribution in [0.5, 0.6) is 0 Å². The van der Waals surface area contributed by atoms with Crippen LogP contribution in [-0.4, -0.2) is 25.5 Å². The summed E-state index contributed by atoms with van der Waals surface area (Å²) in [6.45, 7) is 5.03. The van der Waals surface area contributed by atoms with Gasteiger partial charge in [0.05, 0.1) is 12.2 Å². The van der Waals surface area contributed by atoms with Crippen molar-refractivity contribution in [1.29, 1.82) is 0 Å². The van der Waals surface area contributed by atoms with E-state index in [0.717, 1.165) is 11.4 Å². The SMILES string of the molecule is CCn1nccc1C(=O)NCc1cc(C)n(C)n1. The van der Waals surface area contributed by atoms with Crippen LogP contribution in [0, 0.1) is 6.92 Å². The van der Waals surface area contributed by atoms with Crippen LogP contribution in [0.25, 0.3) is 0 Å². The molecule has 2 heterocycles. The molecule has 0 spiro atoms. The highest BCUT2D eigenvalue weighted by Gasteiger charge is 2.11. The maximum atomic E-state index is 11.9. The van der Waals surface area contributed by atoms with Gasteiger partial charge in [-0.1, -0.05) is 0 Å². The fourth-order valence-electron chi connectivity index (χ4n) is 1.76. The van der Waals surface area contributed by atoms with E-state index in [1.807, 2.05) is 27.0 Å². The number of carbonyl (C=O) groups is 1. The van der Waals surface area contributed by atoms with E-state index in [1.165, 1.54) is 0 Å². The van der Waals surface area contributed by atoms with E-state index in [0.29, 0.717) is 18.8 Å². The van der Waals surface area contributed by atoms with Crippen LogP contribution in [0.4, 0.5) is 0 Å². The molecule has 0 unspecified atom stereocenters. The van der Waals surface area contributed by atoms with Crippen molar-refractivity contribution in [3.05, 3.63) is 35.4 Å². The van der Waals surface area contributed by atoms with Gasteiger partial charge < -0.3 is 5.32 Å².